The number of hydrogen-bond acceptors (Lipinski definition) is 5. The smallest absolute Gasteiger partial charge is 0.342 e. The van der Waals surface area contributed by atoms with Gasteiger partial charge in [0.25, 0.3) is 0 Å². The van der Waals surface area contributed by atoms with Gasteiger partial charge in [0.1, 0.15) is 17.2 Å². The van der Waals surface area contributed by atoms with E-state index in [4.69, 9.17) is 4.74 Å². The molecule has 0 amide bonds. The van der Waals surface area contributed by atoms with Gasteiger partial charge in [0.05, 0.1) is 17.9 Å². The molecule has 0 bridgehead atoms. The van der Waals surface area contributed by atoms with E-state index in [9.17, 15) is 23.5 Å². The fraction of sp³-hybridized carbons (Fsp3) is 0.280. The Labute approximate surface area is 184 Å². The largest absolute Gasteiger partial charge is 0.505 e. The first-order valence-electron chi connectivity index (χ1n) is 10.6. The van der Waals surface area contributed by atoms with E-state index in [1.807, 2.05) is 23.1 Å². The number of carbonyl (C=O) groups excluding carboxylic acids is 2. The second-order valence-electron chi connectivity index (χ2n) is 7.78. The SMILES string of the molecule is CCOC(=O)c1c2cccccc-2c(N2CCC(C(=O)c3ccc(F)cc3F)CC2)c1O. The minimum absolute atomic E-state index is 0.108. The highest BCUT2D eigenvalue weighted by atomic mass is 19.1. The van der Waals surface area contributed by atoms with Gasteiger partial charge in [0.15, 0.2) is 11.5 Å². The topological polar surface area (TPSA) is 66.8 Å². The molecule has 1 N–H and O–H groups in total. The molecule has 166 valence electrons. The van der Waals surface area contributed by atoms with E-state index < -0.39 is 23.5 Å². The summed E-state index contributed by atoms with van der Waals surface area (Å²) in [6, 6.07) is 12.0. The van der Waals surface area contributed by atoms with Gasteiger partial charge in [-0.2, -0.15) is 0 Å². The van der Waals surface area contributed by atoms with Gasteiger partial charge in [-0.05, 0) is 31.9 Å². The number of Topliss-reactive ketones (excluding diaryl/α,β-unsaturated/α-hetero) is 1. The number of esters is 1. The van der Waals surface area contributed by atoms with E-state index >= 15 is 0 Å². The normalized spacial score (nSPS) is 14.5. The lowest BCUT2D eigenvalue weighted by atomic mass is 9.88. The monoisotopic (exact) mass is 439 g/mol. The van der Waals surface area contributed by atoms with E-state index in [1.165, 1.54) is 6.07 Å². The molecule has 1 fully saturated rings. The maximum Gasteiger partial charge on any atom is 0.342 e. The van der Waals surface area contributed by atoms with Gasteiger partial charge in [0.2, 0.25) is 0 Å². The molecule has 0 radical (unpaired) electrons. The fourth-order valence-corrected chi connectivity index (χ4v) is 4.35. The number of ketones is 1. The molecule has 5 nitrogen and oxygen atoms in total. The van der Waals surface area contributed by atoms with Crippen LogP contribution in [0.25, 0.3) is 11.1 Å². The van der Waals surface area contributed by atoms with Crippen molar-refractivity contribution in [2.75, 3.05) is 24.6 Å². The van der Waals surface area contributed by atoms with Gasteiger partial charge in [-0.3, -0.25) is 4.79 Å². The maximum atomic E-state index is 14.1. The van der Waals surface area contributed by atoms with Crippen molar-refractivity contribution in [2.24, 2.45) is 5.92 Å². The highest BCUT2D eigenvalue weighted by Crippen LogP contribution is 2.48. The molecule has 1 aromatic rings. The number of ether oxygens (including phenoxy) is 1. The molecule has 0 saturated carbocycles. The van der Waals surface area contributed by atoms with E-state index in [0.717, 1.165) is 6.07 Å². The molecule has 4 rings (SSSR count). The molecule has 0 unspecified atom stereocenters. The minimum atomic E-state index is -0.858. The van der Waals surface area contributed by atoms with Crippen molar-refractivity contribution >= 4 is 17.4 Å². The van der Waals surface area contributed by atoms with E-state index in [-0.39, 0.29) is 29.3 Å². The minimum Gasteiger partial charge on any atom is -0.505 e. The standard InChI is InChI=1S/C25H23F2NO4/c1-2-32-25(31)21-17-6-4-3-5-7-18(17)22(24(21)30)28-12-10-15(11-13-28)23(29)19-9-8-16(26)14-20(19)27/h3-9,14-15,30H,2,10-13H2,1H3. The van der Waals surface area contributed by atoms with Crippen molar-refractivity contribution in [1.82, 2.24) is 0 Å². The summed E-state index contributed by atoms with van der Waals surface area (Å²) < 4.78 is 32.4. The number of fused-ring (bicyclic) bond motifs is 1. The lowest BCUT2D eigenvalue weighted by Crippen LogP contribution is -2.36. The van der Waals surface area contributed by atoms with Gasteiger partial charge < -0.3 is 14.7 Å². The number of aromatic hydroxyl groups is 1. The first-order chi connectivity index (χ1) is 15.4. The van der Waals surface area contributed by atoms with Crippen LogP contribution in [0.2, 0.25) is 0 Å². The molecule has 0 spiro atoms. The van der Waals surface area contributed by atoms with Gasteiger partial charge >= 0.3 is 5.97 Å². The van der Waals surface area contributed by atoms with Crippen molar-refractivity contribution in [3.8, 4) is 16.9 Å². The van der Waals surface area contributed by atoms with Crippen LogP contribution < -0.4 is 4.90 Å². The van der Waals surface area contributed by atoms with Gasteiger partial charge in [-0.25, -0.2) is 13.6 Å². The Morgan fingerprint density at radius 1 is 1.06 bits per heavy atom. The van der Waals surface area contributed by atoms with Crippen molar-refractivity contribution in [2.45, 2.75) is 19.8 Å². The lowest BCUT2D eigenvalue weighted by molar-refractivity contribution is 0.0524. The van der Waals surface area contributed by atoms with Crippen LogP contribution in [0.5, 0.6) is 5.75 Å². The van der Waals surface area contributed by atoms with Gasteiger partial charge in [-0.1, -0.05) is 30.3 Å². The van der Waals surface area contributed by atoms with E-state index in [0.29, 0.717) is 48.8 Å². The van der Waals surface area contributed by atoms with E-state index in [2.05, 4.69) is 0 Å². The van der Waals surface area contributed by atoms with Crippen LogP contribution in [0.1, 0.15) is 40.5 Å². The molecule has 2 aliphatic carbocycles. The maximum absolute atomic E-state index is 14.1. The van der Waals surface area contributed by atoms with Crippen LogP contribution in [0.3, 0.4) is 0 Å². The molecule has 1 aliphatic heterocycles. The highest BCUT2D eigenvalue weighted by Gasteiger charge is 2.34. The predicted octanol–water partition coefficient (Wildman–Crippen LogP) is 5.05. The first-order valence-corrected chi connectivity index (χ1v) is 10.6. The number of piperidine rings is 1. The number of benzene rings is 1. The summed E-state index contributed by atoms with van der Waals surface area (Å²) in [6.45, 7) is 2.76. The van der Waals surface area contributed by atoms with Crippen molar-refractivity contribution in [3.05, 3.63) is 71.3 Å². The molecule has 32 heavy (non-hydrogen) atoms. The Morgan fingerprint density at radius 3 is 2.41 bits per heavy atom. The Hall–Kier alpha value is -3.48. The summed E-state index contributed by atoms with van der Waals surface area (Å²) in [5.74, 6) is -3.07. The predicted molar refractivity (Wildman–Crippen MR) is 116 cm³/mol. The zero-order valence-corrected chi connectivity index (χ0v) is 17.6. The highest BCUT2D eigenvalue weighted by molar-refractivity contribution is 6.08. The van der Waals surface area contributed by atoms with Crippen LogP contribution in [0.4, 0.5) is 14.5 Å². The Morgan fingerprint density at radius 2 is 1.75 bits per heavy atom. The molecule has 1 saturated heterocycles. The summed E-state index contributed by atoms with van der Waals surface area (Å²) >= 11 is 0. The number of nitrogens with zero attached hydrogens (tertiary/aromatic N) is 1. The van der Waals surface area contributed by atoms with Crippen molar-refractivity contribution in [1.29, 1.82) is 0 Å². The number of hydrogen-bond donors (Lipinski definition) is 1. The zero-order valence-electron chi connectivity index (χ0n) is 17.6. The third kappa shape index (κ3) is 3.90. The molecular formula is C25H23F2NO4. The van der Waals surface area contributed by atoms with Crippen LogP contribution in [-0.4, -0.2) is 36.6 Å². The first kappa shape index (κ1) is 21.7. The fourth-order valence-electron chi connectivity index (χ4n) is 4.35. The number of anilines is 1. The van der Waals surface area contributed by atoms with Crippen LogP contribution in [0, 0.1) is 17.6 Å². The summed E-state index contributed by atoms with van der Waals surface area (Å²) in [6.07, 6.45) is 0.880. The average Bonchev–Trinajstić information content (AvgIpc) is 2.89. The van der Waals surface area contributed by atoms with Crippen LogP contribution >= 0.6 is 0 Å². The second-order valence-corrected chi connectivity index (χ2v) is 7.78. The molecule has 1 aromatic carbocycles. The van der Waals surface area contributed by atoms with Crippen LogP contribution in [0.15, 0.2) is 48.5 Å². The molecular weight excluding hydrogens is 416 g/mol. The Kier molecular flexibility index (Phi) is 6.08. The third-order valence-corrected chi connectivity index (χ3v) is 5.88. The molecule has 0 atom stereocenters. The molecule has 1 heterocycles. The summed E-state index contributed by atoms with van der Waals surface area (Å²) in [4.78, 5) is 27.2. The molecule has 0 aromatic heterocycles. The van der Waals surface area contributed by atoms with Gasteiger partial charge in [0, 0.05) is 36.2 Å². The number of halogens is 2. The molecule has 7 heteroatoms. The van der Waals surface area contributed by atoms with E-state index in [1.54, 1.807) is 19.1 Å². The average molecular weight is 439 g/mol. The van der Waals surface area contributed by atoms with Crippen molar-refractivity contribution in [3.63, 3.8) is 0 Å². The quantitative estimate of drug-likeness (QED) is 0.445. The second kappa shape index (κ2) is 8.94. The summed E-state index contributed by atoms with van der Waals surface area (Å²) in [5.41, 5.74) is 1.85. The lowest BCUT2D eigenvalue weighted by Gasteiger charge is -2.33. The number of carbonyl (C=O) groups is 2. The van der Waals surface area contributed by atoms with Gasteiger partial charge in [-0.15, -0.1) is 0 Å². The zero-order chi connectivity index (χ0) is 22.8. The number of rotatable bonds is 5. The van der Waals surface area contributed by atoms with Crippen LogP contribution in [-0.2, 0) is 4.74 Å². The Bertz CT molecular complexity index is 1140. The summed E-state index contributed by atoms with van der Waals surface area (Å²) in [7, 11) is 0. The summed E-state index contributed by atoms with van der Waals surface area (Å²) in [5, 5.41) is 11.0. The Balaban J connectivity index is 1.60. The molecule has 3 aliphatic rings. The van der Waals surface area contributed by atoms with Crippen molar-refractivity contribution < 1.29 is 28.2 Å². The third-order valence-electron chi connectivity index (χ3n) is 5.88.